The molecule has 0 bridgehead atoms. The highest BCUT2D eigenvalue weighted by Crippen LogP contribution is 2.37. The summed E-state index contributed by atoms with van der Waals surface area (Å²) < 4.78 is 0. The minimum atomic E-state index is 1.14. The summed E-state index contributed by atoms with van der Waals surface area (Å²) in [6.07, 6.45) is 7.40. The summed E-state index contributed by atoms with van der Waals surface area (Å²) in [6, 6.07) is 59.6. The Morgan fingerprint density at radius 3 is 1.27 bits per heavy atom. The lowest BCUT2D eigenvalue weighted by atomic mass is 9.91. The van der Waals surface area contributed by atoms with E-state index in [2.05, 4.69) is 181 Å². The molecule has 0 N–H and O–H groups in total. The van der Waals surface area contributed by atoms with Crippen molar-refractivity contribution in [3.8, 4) is 66.8 Å². The zero-order valence-electron chi connectivity index (χ0n) is 28.3. The lowest BCUT2D eigenvalue weighted by Crippen LogP contribution is -1.88. The molecule has 9 rings (SSSR count). The zero-order valence-corrected chi connectivity index (χ0v) is 28.3. The average molecular weight is 651 g/mol. The molecule has 0 aliphatic rings. The third kappa shape index (κ3) is 5.98. The molecule has 0 unspecified atom stereocenters. The number of nitrogens with zero attached hydrogens (tertiary/aromatic N) is 2. The number of rotatable bonds is 6. The second kappa shape index (κ2) is 13.0. The van der Waals surface area contributed by atoms with Crippen LogP contribution in [0.2, 0.25) is 0 Å². The van der Waals surface area contributed by atoms with Crippen LogP contribution in [0, 0.1) is 6.92 Å². The quantitative estimate of drug-likeness (QED) is 0.167. The molecule has 2 heterocycles. The van der Waals surface area contributed by atoms with Crippen LogP contribution in [0.4, 0.5) is 0 Å². The normalized spacial score (nSPS) is 11.2. The molecule has 240 valence electrons. The molecule has 0 aliphatic carbocycles. The number of aryl methyl sites for hydroxylation is 1. The number of hydrogen-bond donors (Lipinski definition) is 0. The number of hydrogen-bond acceptors (Lipinski definition) is 2. The number of pyridine rings is 2. The maximum Gasteiger partial charge on any atom is 0.0273 e. The lowest BCUT2D eigenvalue weighted by molar-refractivity contribution is 1.33. The van der Waals surface area contributed by atoms with Gasteiger partial charge in [0, 0.05) is 24.8 Å². The van der Waals surface area contributed by atoms with Gasteiger partial charge in [-0.1, -0.05) is 97.1 Å². The van der Waals surface area contributed by atoms with Crippen molar-refractivity contribution in [3.63, 3.8) is 0 Å². The number of benzene rings is 7. The van der Waals surface area contributed by atoms with Crippen LogP contribution >= 0.6 is 0 Å². The Kier molecular flexibility index (Phi) is 7.75. The molecule has 0 saturated carbocycles. The van der Waals surface area contributed by atoms with Gasteiger partial charge >= 0.3 is 0 Å². The zero-order chi connectivity index (χ0) is 34.1. The van der Waals surface area contributed by atoms with Crippen LogP contribution in [0.15, 0.2) is 189 Å². The molecule has 0 radical (unpaired) electrons. The maximum absolute atomic E-state index is 4.24. The lowest BCUT2D eigenvalue weighted by Gasteiger charge is -2.13. The van der Waals surface area contributed by atoms with E-state index in [0.717, 1.165) is 22.3 Å². The second-order valence-corrected chi connectivity index (χ2v) is 13.2. The van der Waals surface area contributed by atoms with Gasteiger partial charge in [0.1, 0.15) is 0 Å². The summed E-state index contributed by atoms with van der Waals surface area (Å²) in [6.45, 7) is 2.22. The fourth-order valence-corrected chi connectivity index (χ4v) is 7.30. The molecule has 2 aromatic heterocycles. The molecular formula is C49H34N2. The van der Waals surface area contributed by atoms with Crippen molar-refractivity contribution >= 4 is 21.5 Å². The third-order valence-electron chi connectivity index (χ3n) is 9.95. The van der Waals surface area contributed by atoms with Crippen LogP contribution in [-0.4, -0.2) is 9.97 Å². The minimum absolute atomic E-state index is 1.14. The smallest absolute Gasteiger partial charge is 0.0273 e. The number of fused-ring (bicyclic) bond motifs is 3. The highest BCUT2D eigenvalue weighted by Gasteiger charge is 2.12. The molecule has 2 nitrogen and oxygen atoms in total. The average Bonchev–Trinajstić information content (AvgIpc) is 3.21. The molecule has 2 heteroatoms. The van der Waals surface area contributed by atoms with E-state index in [1.807, 2.05) is 24.8 Å². The molecular weight excluding hydrogens is 617 g/mol. The van der Waals surface area contributed by atoms with Crippen LogP contribution in [-0.2, 0) is 0 Å². The molecule has 0 spiro atoms. The van der Waals surface area contributed by atoms with Crippen LogP contribution in [0.3, 0.4) is 0 Å². The highest BCUT2D eigenvalue weighted by atomic mass is 14.6. The summed E-state index contributed by atoms with van der Waals surface area (Å²) in [4.78, 5) is 8.49. The summed E-state index contributed by atoms with van der Waals surface area (Å²) in [5, 5.41) is 5.12. The molecule has 0 amide bonds. The second-order valence-electron chi connectivity index (χ2n) is 13.2. The van der Waals surface area contributed by atoms with Crippen molar-refractivity contribution in [2.45, 2.75) is 6.92 Å². The van der Waals surface area contributed by atoms with Gasteiger partial charge < -0.3 is 0 Å². The van der Waals surface area contributed by atoms with E-state index < -0.39 is 0 Å². The Hall–Kier alpha value is -6.64. The van der Waals surface area contributed by atoms with Gasteiger partial charge in [-0.15, -0.1) is 0 Å². The van der Waals surface area contributed by atoms with E-state index in [0.29, 0.717) is 0 Å². The molecule has 0 atom stereocenters. The molecule has 51 heavy (non-hydrogen) atoms. The minimum Gasteiger partial charge on any atom is -0.265 e. The van der Waals surface area contributed by atoms with Crippen molar-refractivity contribution in [1.82, 2.24) is 9.97 Å². The van der Waals surface area contributed by atoms with Crippen molar-refractivity contribution < 1.29 is 0 Å². The summed E-state index contributed by atoms with van der Waals surface area (Å²) >= 11 is 0. The van der Waals surface area contributed by atoms with Crippen LogP contribution in [0.1, 0.15) is 5.56 Å². The first-order valence-corrected chi connectivity index (χ1v) is 17.4. The first-order chi connectivity index (χ1) is 25.2. The maximum atomic E-state index is 4.24. The van der Waals surface area contributed by atoms with Crippen LogP contribution < -0.4 is 0 Å². The molecule has 0 saturated heterocycles. The predicted octanol–water partition coefficient (Wildman–Crippen LogP) is 13.1. The number of aromatic nitrogens is 2. The fraction of sp³-hybridized carbons (Fsp3) is 0.0204. The van der Waals surface area contributed by atoms with E-state index in [9.17, 15) is 0 Å². The Morgan fingerprint density at radius 1 is 0.275 bits per heavy atom. The predicted molar refractivity (Wildman–Crippen MR) is 214 cm³/mol. The van der Waals surface area contributed by atoms with E-state index in [4.69, 9.17) is 0 Å². The standard InChI is InChI=1S/C49H34N2/c1-33-25-43-14-13-41(34-7-3-2-4-8-34)31-48(43)49-32-42(15-16-47(33)49)39-11-5-9-37(26-39)38-10-6-12-40(27-38)46-29-44(35-17-21-50-22-18-35)28-45(30-46)36-19-23-51-24-20-36/h2-32H,1H3. The van der Waals surface area contributed by atoms with Crippen LogP contribution in [0.25, 0.3) is 88.3 Å². The Bertz CT molecular complexity index is 2620. The fourth-order valence-electron chi connectivity index (χ4n) is 7.30. The molecule has 0 fully saturated rings. The van der Waals surface area contributed by atoms with Crippen LogP contribution in [0.5, 0.6) is 0 Å². The summed E-state index contributed by atoms with van der Waals surface area (Å²) in [5.74, 6) is 0. The first kappa shape index (κ1) is 30.4. The van der Waals surface area contributed by atoms with Gasteiger partial charge in [0.25, 0.3) is 0 Å². The van der Waals surface area contributed by atoms with Gasteiger partial charge in [-0.25, -0.2) is 0 Å². The van der Waals surface area contributed by atoms with E-state index in [-0.39, 0.29) is 0 Å². The first-order valence-electron chi connectivity index (χ1n) is 17.4. The van der Waals surface area contributed by atoms with E-state index in [1.54, 1.807) is 0 Å². The van der Waals surface area contributed by atoms with E-state index in [1.165, 1.54) is 71.6 Å². The van der Waals surface area contributed by atoms with Gasteiger partial charge in [-0.2, -0.15) is 0 Å². The molecule has 7 aromatic carbocycles. The van der Waals surface area contributed by atoms with Crippen molar-refractivity contribution in [1.29, 1.82) is 0 Å². The molecule has 9 aromatic rings. The summed E-state index contributed by atoms with van der Waals surface area (Å²) in [7, 11) is 0. The van der Waals surface area contributed by atoms with Crippen molar-refractivity contribution in [3.05, 3.63) is 194 Å². The third-order valence-corrected chi connectivity index (χ3v) is 9.95. The monoisotopic (exact) mass is 650 g/mol. The van der Waals surface area contributed by atoms with Gasteiger partial charge in [-0.05, 0) is 168 Å². The van der Waals surface area contributed by atoms with Crippen molar-refractivity contribution in [2.75, 3.05) is 0 Å². The SMILES string of the molecule is Cc1cc2ccc(-c3ccccc3)cc2c2cc(-c3cccc(-c4cccc(-c5cc(-c6ccncc6)cc(-c6ccncc6)c5)c4)c3)ccc12. The van der Waals surface area contributed by atoms with Gasteiger partial charge in [0.05, 0.1) is 0 Å². The Morgan fingerprint density at radius 2 is 0.686 bits per heavy atom. The van der Waals surface area contributed by atoms with E-state index >= 15 is 0 Å². The molecule has 0 aliphatic heterocycles. The van der Waals surface area contributed by atoms with Gasteiger partial charge in [0.15, 0.2) is 0 Å². The Balaban J connectivity index is 1.12. The topological polar surface area (TPSA) is 25.8 Å². The van der Waals surface area contributed by atoms with Crippen molar-refractivity contribution in [2.24, 2.45) is 0 Å². The van der Waals surface area contributed by atoms with Gasteiger partial charge in [-0.3, -0.25) is 9.97 Å². The van der Waals surface area contributed by atoms with Gasteiger partial charge in [0.2, 0.25) is 0 Å². The Labute approximate surface area is 298 Å². The highest BCUT2D eigenvalue weighted by molar-refractivity contribution is 6.11. The largest absolute Gasteiger partial charge is 0.265 e. The summed E-state index contributed by atoms with van der Waals surface area (Å²) in [5.41, 5.74) is 15.5.